The third-order valence-electron chi connectivity index (χ3n) is 5.09. The number of hydrogen-bond donors (Lipinski definition) is 0. The molecule has 0 atom stereocenters. The Kier molecular flexibility index (Phi) is 5.67. The van der Waals surface area contributed by atoms with Gasteiger partial charge in [0.2, 0.25) is 0 Å². The van der Waals surface area contributed by atoms with E-state index in [2.05, 4.69) is 0 Å². The van der Waals surface area contributed by atoms with Gasteiger partial charge in [0, 0.05) is 21.2 Å². The Hall–Kier alpha value is -2.66. The second-order valence-corrected chi connectivity index (χ2v) is 13.1. The Labute approximate surface area is 172 Å². The molecule has 29 heavy (non-hydrogen) atoms. The summed E-state index contributed by atoms with van der Waals surface area (Å²) in [7, 11) is -6.28. The minimum atomic E-state index is -3.14. The van der Waals surface area contributed by atoms with Crippen LogP contribution < -0.4 is 21.2 Å². The monoisotopic (exact) mass is 416 g/mol. The summed E-state index contributed by atoms with van der Waals surface area (Å²) in [6.07, 6.45) is 0. The van der Waals surface area contributed by atoms with Crippen LogP contribution in [-0.4, -0.2) is 5.90 Å². The van der Waals surface area contributed by atoms with E-state index >= 15 is 0 Å². The molecule has 0 unspecified atom stereocenters. The minimum absolute atomic E-state index is 0.0854. The maximum absolute atomic E-state index is 14.6. The molecule has 4 aromatic carbocycles. The highest BCUT2D eigenvalue weighted by Crippen LogP contribution is 2.59. The zero-order chi connectivity index (χ0) is 20.2. The molecule has 0 heterocycles. The van der Waals surface area contributed by atoms with Crippen molar-refractivity contribution in [2.45, 2.75) is 0 Å². The number of hydrogen-bond acceptors (Lipinski definition) is 2. The summed E-state index contributed by atoms with van der Waals surface area (Å²) in [5, 5.41) is 2.94. The molecule has 4 aromatic rings. The molecule has 0 bridgehead atoms. The highest BCUT2D eigenvalue weighted by Gasteiger charge is 2.39. The molecule has 0 amide bonds. The predicted octanol–water partition coefficient (Wildman–Crippen LogP) is 4.97. The van der Waals surface area contributed by atoms with Crippen molar-refractivity contribution in [3.63, 3.8) is 0 Å². The van der Waals surface area contributed by atoms with Crippen molar-refractivity contribution in [1.82, 2.24) is 0 Å². The minimum Gasteiger partial charge on any atom is -0.313 e. The smallest absolute Gasteiger partial charge is 0.150 e. The van der Waals surface area contributed by atoms with Crippen molar-refractivity contribution in [3.05, 3.63) is 121 Å². The van der Waals surface area contributed by atoms with Crippen molar-refractivity contribution in [1.29, 1.82) is 0 Å². The lowest BCUT2D eigenvalue weighted by Crippen LogP contribution is -2.25. The van der Waals surface area contributed by atoms with Crippen LogP contribution in [0.2, 0.25) is 0 Å². The summed E-state index contributed by atoms with van der Waals surface area (Å²) < 4.78 is 29.2. The average molecular weight is 416 g/mol. The topological polar surface area (TPSA) is 34.1 Å². The lowest BCUT2D eigenvalue weighted by Gasteiger charge is -2.26. The fourth-order valence-corrected chi connectivity index (χ4v) is 11.6. The fourth-order valence-electron chi connectivity index (χ4n) is 3.58. The zero-order valence-electron chi connectivity index (χ0n) is 16.0. The van der Waals surface area contributed by atoms with Gasteiger partial charge in [-0.3, -0.25) is 0 Å². The van der Waals surface area contributed by atoms with Gasteiger partial charge in [0.15, 0.2) is 14.3 Å². The maximum atomic E-state index is 14.6. The standard InChI is InChI=1S/C25H22O2P2/c26-28(22-13-5-1-6-14-22,23-15-7-2-8-16-23)21-29(27,24-17-9-3-10-18-24)25-19-11-4-12-20-25/h1-20H,21H2. The molecule has 0 aliphatic heterocycles. The van der Waals surface area contributed by atoms with E-state index in [0.29, 0.717) is 0 Å². The average Bonchev–Trinajstić information content (AvgIpc) is 2.81. The van der Waals surface area contributed by atoms with Crippen molar-refractivity contribution in [2.75, 3.05) is 5.90 Å². The molecule has 0 fully saturated rings. The molecule has 0 aliphatic rings. The normalized spacial score (nSPS) is 11.9. The van der Waals surface area contributed by atoms with Gasteiger partial charge in [0.05, 0.1) is 5.90 Å². The fraction of sp³-hybridized carbons (Fsp3) is 0.0400. The van der Waals surface area contributed by atoms with Crippen molar-refractivity contribution in [2.24, 2.45) is 0 Å². The van der Waals surface area contributed by atoms with E-state index in [1.165, 1.54) is 0 Å². The summed E-state index contributed by atoms with van der Waals surface area (Å²) in [6.45, 7) is 0. The predicted molar refractivity (Wildman–Crippen MR) is 124 cm³/mol. The highest BCUT2D eigenvalue weighted by molar-refractivity contribution is 7.94. The molecule has 0 aromatic heterocycles. The summed E-state index contributed by atoms with van der Waals surface area (Å²) >= 11 is 0. The number of rotatable bonds is 6. The second kappa shape index (κ2) is 8.37. The first-order valence-electron chi connectivity index (χ1n) is 9.53. The van der Waals surface area contributed by atoms with Gasteiger partial charge in [-0.2, -0.15) is 0 Å². The van der Waals surface area contributed by atoms with Crippen LogP contribution in [0.25, 0.3) is 0 Å². The second-order valence-electron chi connectivity index (χ2n) is 6.96. The van der Waals surface area contributed by atoms with Crippen LogP contribution in [0.1, 0.15) is 0 Å². The largest absolute Gasteiger partial charge is 0.313 e. The zero-order valence-corrected chi connectivity index (χ0v) is 17.8. The Morgan fingerprint density at radius 2 is 0.586 bits per heavy atom. The van der Waals surface area contributed by atoms with Crippen LogP contribution in [0.3, 0.4) is 0 Å². The van der Waals surface area contributed by atoms with Gasteiger partial charge < -0.3 is 9.13 Å². The molecular weight excluding hydrogens is 394 g/mol. The van der Waals surface area contributed by atoms with Crippen LogP contribution in [0.15, 0.2) is 121 Å². The van der Waals surface area contributed by atoms with E-state index in [1.807, 2.05) is 121 Å². The van der Waals surface area contributed by atoms with E-state index in [1.54, 1.807) is 0 Å². The van der Waals surface area contributed by atoms with Crippen LogP contribution in [0, 0.1) is 0 Å². The van der Waals surface area contributed by atoms with E-state index in [9.17, 15) is 9.13 Å². The summed E-state index contributed by atoms with van der Waals surface area (Å²) in [5.41, 5.74) is 0. The molecule has 2 nitrogen and oxygen atoms in total. The molecule has 4 rings (SSSR count). The first-order chi connectivity index (χ1) is 14.1. The first kappa shape index (κ1) is 19.6. The van der Waals surface area contributed by atoms with Crippen molar-refractivity contribution >= 4 is 35.5 Å². The Bertz CT molecular complexity index is 977. The van der Waals surface area contributed by atoms with Crippen LogP contribution >= 0.6 is 14.3 Å². The Morgan fingerprint density at radius 1 is 0.379 bits per heavy atom. The van der Waals surface area contributed by atoms with E-state index < -0.39 is 14.3 Å². The third-order valence-corrected chi connectivity index (χ3v) is 12.8. The molecule has 0 saturated heterocycles. The van der Waals surface area contributed by atoms with Gasteiger partial charge >= 0.3 is 0 Å². The van der Waals surface area contributed by atoms with Crippen LogP contribution in [0.4, 0.5) is 0 Å². The SMILES string of the molecule is O=P(CP(=O)(c1ccccc1)c1ccccc1)(c1ccccc1)c1ccccc1. The maximum Gasteiger partial charge on any atom is 0.150 e. The molecule has 4 heteroatoms. The molecule has 0 spiro atoms. The quantitative estimate of drug-likeness (QED) is 0.416. The summed E-state index contributed by atoms with van der Waals surface area (Å²) in [4.78, 5) is 0. The van der Waals surface area contributed by atoms with Gasteiger partial charge in [-0.25, -0.2) is 0 Å². The van der Waals surface area contributed by atoms with Gasteiger partial charge in [0.1, 0.15) is 0 Å². The van der Waals surface area contributed by atoms with Crippen molar-refractivity contribution < 1.29 is 9.13 Å². The van der Waals surface area contributed by atoms with E-state index in [4.69, 9.17) is 0 Å². The molecular formula is C25H22O2P2. The number of benzene rings is 4. The molecule has 0 aliphatic carbocycles. The van der Waals surface area contributed by atoms with Gasteiger partial charge in [-0.1, -0.05) is 121 Å². The highest BCUT2D eigenvalue weighted by atomic mass is 31.2. The van der Waals surface area contributed by atoms with Gasteiger partial charge in [-0.05, 0) is 0 Å². The third kappa shape index (κ3) is 3.92. The summed E-state index contributed by atoms with van der Waals surface area (Å²) in [5.74, 6) is 0.0854. The van der Waals surface area contributed by atoms with E-state index in [0.717, 1.165) is 21.2 Å². The van der Waals surface area contributed by atoms with Gasteiger partial charge in [-0.15, -0.1) is 0 Å². The molecule has 144 valence electrons. The molecule has 0 saturated carbocycles. The van der Waals surface area contributed by atoms with Crippen LogP contribution in [0.5, 0.6) is 0 Å². The van der Waals surface area contributed by atoms with Gasteiger partial charge in [0.25, 0.3) is 0 Å². The van der Waals surface area contributed by atoms with Crippen LogP contribution in [-0.2, 0) is 9.13 Å². The lowest BCUT2D eigenvalue weighted by atomic mass is 10.4. The molecule has 0 radical (unpaired) electrons. The first-order valence-corrected chi connectivity index (χ1v) is 13.3. The lowest BCUT2D eigenvalue weighted by molar-refractivity contribution is 0.582. The molecule has 0 N–H and O–H groups in total. The van der Waals surface area contributed by atoms with E-state index in [-0.39, 0.29) is 5.90 Å². The Balaban J connectivity index is 1.93. The Morgan fingerprint density at radius 3 is 0.793 bits per heavy atom. The van der Waals surface area contributed by atoms with Crippen molar-refractivity contribution in [3.8, 4) is 0 Å². The summed E-state index contributed by atoms with van der Waals surface area (Å²) in [6, 6.07) is 37.8.